The van der Waals surface area contributed by atoms with Crippen LogP contribution in [-0.2, 0) is 0 Å². The van der Waals surface area contributed by atoms with Crippen molar-refractivity contribution in [1.82, 2.24) is 5.43 Å². The monoisotopic (exact) mass is 100 g/mol. The minimum absolute atomic E-state index is 0.400. The van der Waals surface area contributed by atoms with Crippen molar-refractivity contribution in [3.63, 3.8) is 0 Å². The first-order valence-electron chi connectivity index (χ1n) is 2.51. The molecular weight excluding hydrogens is 92.1 g/mol. The van der Waals surface area contributed by atoms with Gasteiger partial charge in [0.1, 0.15) is 0 Å². The molecule has 0 aromatic rings. The van der Waals surface area contributed by atoms with Gasteiger partial charge in [0.15, 0.2) is 0 Å². The molecule has 0 radical (unpaired) electrons. The third-order valence-corrected chi connectivity index (χ3v) is 1.34. The molecule has 0 aromatic heterocycles. The minimum atomic E-state index is 0.400. The molecule has 0 aliphatic heterocycles. The van der Waals surface area contributed by atoms with Crippen LogP contribution in [0.1, 0.15) is 19.3 Å². The summed E-state index contributed by atoms with van der Waals surface area (Å²) in [7, 11) is 0. The van der Waals surface area contributed by atoms with Crippen LogP contribution in [0, 0.1) is 4.91 Å². The Balaban J connectivity index is 2.03. The second kappa shape index (κ2) is 1.91. The normalized spacial score (nSPS) is 20.6. The van der Waals surface area contributed by atoms with Gasteiger partial charge >= 0.3 is 0 Å². The molecule has 0 unspecified atom stereocenters. The van der Waals surface area contributed by atoms with E-state index in [1.807, 2.05) is 0 Å². The van der Waals surface area contributed by atoms with Gasteiger partial charge in [0.25, 0.3) is 0 Å². The maximum Gasteiger partial charge on any atom is 0.0499 e. The molecule has 1 N–H and O–H groups in total. The third kappa shape index (κ3) is 0.885. The quantitative estimate of drug-likeness (QED) is 0.412. The topological polar surface area (TPSA) is 41.5 Å². The predicted molar refractivity (Wildman–Crippen MR) is 26.6 cm³/mol. The highest BCUT2D eigenvalue weighted by molar-refractivity contribution is 4.73. The number of rotatable bonds is 2. The van der Waals surface area contributed by atoms with E-state index in [9.17, 15) is 4.91 Å². The number of nitrogens with one attached hydrogen (secondary N) is 1. The molecule has 0 spiro atoms. The van der Waals surface area contributed by atoms with E-state index in [-0.39, 0.29) is 0 Å². The fraction of sp³-hybridized carbons (Fsp3) is 1.00. The van der Waals surface area contributed by atoms with Gasteiger partial charge in [-0.25, -0.2) is 0 Å². The second-order valence-electron chi connectivity index (χ2n) is 1.85. The van der Waals surface area contributed by atoms with E-state index in [1.165, 1.54) is 6.42 Å². The first-order chi connectivity index (χ1) is 3.43. The number of nitroso groups, excluding NO2 is 1. The Labute approximate surface area is 42.0 Å². The number of nitrogens with zero attached hydrogens (tertiary/aromatic N) is 1. The van der Waals surface area contributed by atoms with E-state index in [4.69, 9.17) is 0 Å². The van der Waals surface area contributed by atoms with Gasteiger partial charge in [-0.05, 0) is 19.3 Å². The zero-order valence-corrected chi connectivity index (χ0v) is 4.05. The van der Waals surface area contributed by atoms with Crippen LogP contribution in [0.2, 0.25) is 0 Å². The van der Waals surface area contributed by atoms with Crippen molar-refractivity contribution in [1.29, 1.82) is 0 Å². The van der Waals surface area contributed by atoms with Crippen LogP contribution in [0.5, 0.6) is 0 Å². The number of hydrogen-bond donors (Lipinski definition) is 1. The van der Waals surface area contributed by atoms with Crippen LogP contribution in [-0.4, -0.2) is 6.04 Å². The summed E-state index contributed by atoms with van der Waals surface area (Å²) in [5.74, 6) is 0. The van der Waals surface area contributed by atoms with Gasteiger partial charge in [0.2, 0.25) is 0 Å². The van der Waals surface area contributed by atoms with Gasteiger partial charge in [-0.2, -0.15) is 0 Å². The van der Waals surface area contributed by atoms with Gasteiger partial charge in [-0.3, -0.25) is 5.43 Å². The van der Waals surface area contributed by atoms with Gasteiger partial charge in [-0.1, -0.05) is 0 Å². The zero-order valence-electron chi connectivity index (χ0n) is 4.05. The van der Waals surface area contributed by atoms with Gasteiger partial charge in [-0.15, -0.1) is 4.91 Å². The van der Waals surface area contributed by atoms with Gasteiger partial charge in [0.05, 0.1) is 0 Å². The lowest BCUT2D eigenvalue weighted by Gasteiger charge is -2.22. The largest absolute Gasteiger partial charge is 0.271 e. The van der Waals surface area contributed by atoms with Crippen molar-refractivity contribution in [3.8, 4) is 0 Å². The molecule has 0 bridgehead atoms. The highest BCUT2D eigenvalue weighted by Gasteiger charge is 2.15. The van der Waals surface area contributed by atoms with Crippen LogP contribution >= 0.6 is 0 Å². The third-order valence-electron chi connectivity index (χ3n) is 1.34. The Hall–Kier alpha value is -0.600. The Morgan fingerprint density at radius 2 is 2.29 bits per heavy atom. The number of hydrogen-bond acceptors (Lipinski definition) is 2. The maximum absolute atomic E-state index is 9.45. The van der Waals surface area contributed by atoms with Crippen molar-refractivity contribution in [2.75, 3.05) is 0 Å². The molecule has 1 aliphatic carbocycles. The average molecular weight is 100 g/mol. The molecule has 0 atom stereocenters. The van der Waals surface area contributed by atoms with E-state index in [2.05, 4.69) is 10.7 Å². The Morgan fingerprint density at radius 1 is 1.57 bits per heavy atom. The van der Waals surface area contributed by atoms with E-state index in [1.54, 1.807) is 0 Å². The molecule has 0 aromatic carbocycles. The molecule has 40 valence electrons. The first kappa shape index (κ1) is 4.56. The summed E-state index contributed by atoms with van der Waals surface area (Å²) >= 11 is 0. The Bertz CT molecular complexity index is 70.1. The molecule has 7 heavy (non-hydrogen) atoms. The maximum atomic E-state index is 9.45. The summed E-state index contributed by atoms with van der Waals surface area (Å²) in [5, 5.41) is 2.56. The molecule has 3 heteroatoms. The molecule has 0 saturated heterocycles. The molecule has 1 saturated carbocycles. The highest BCUT2D eigenvalue weighted by Crippen LogP contribution is 2.17. The van der Waals surface area contributed by atoms with E-state index in [0.29, 0.717) is 6.04 Å². The van der Waals surface area contributed by atoms with Gasteiger partial charge < -0.3 is 0 Å². The predicted octanol–water partition coefficient (Wildman–Crippen LogP) is 0.810. The molecule has 1 aliphatic rings. The summed E-state index contributed by atoms with van der Waals surface area (Å²) in [6.45, 7) is 0. The average Bonchev–Trinajstić information content (AvgIpc) is 1.55. The summed E-state index contributed by atoms with van der Waals surface area (Å²) in [4.78, 5) is 9.45. The van der Waals surface area contributed by atoms with Crippen LogP contribution < -0.4 is 5.43 Å². The molecule has 0 amide bonds. The van der Waals surface area contributed by atoms with E-state index < -0.39 is 0 Å². The molecule has 1 rings (SSSR count). The summed E-state index contributed by atoms with van der Waals surface area (Å²) < 4.78 is 0. The smallest absolute Gasteiger partial charge is 0.0499 e. The zero-order chi connectivity index (χ0) is 5.11. The van der Waals surface area contributed by atoms with Crippen LogP contribution in [0.4, 0.5) is 0 Å². The fourth-order valence-corrected chi connectivity index (χ4v) is 0.612. The molecular formula is C4H8N2O. The van der Waals surface area contributed by atoms with Crippen molar-refractivity contribution < 1.29 is 0 Å². The van der Waals surface area contributed by atoms with Crippen molar-refractivity contribution in [3.05, 3.63) is 4.91 Å². The summed E-state index contributed by atoms with van der Waals surface area (Å²) in [6.07, 6.45) is 3.48. The van der Waals surface area contributed by atoms with Crippen molar-refractivity contribution >= 4 is 0 Å². The Kier molecular flexibility index (Phi) is 1.24. The van der Waals surface area contributed by atoms with Crippen molar-refractivity contribution in [2.45, 2.75) is 25.3 Å². The highest BCUT2D eigenvalue weighted by atomic mass is 16.3. The van der Waals surface area contributed by atoms with E-state index >= 15 is 0 Å². The molecule has 3 nitrogen and oxygen atoms in total. The Morgan fingerprint density at radius 3 is 2.43 bits per heavy atom. The summed E-state index contributed by atoms with van der Waals surface area (Å²) in [6, 6.07) is 0.400. The van der Waals surface area contributed by atoms with Crippen LogP contribution in [0.3, 0.4) is 0 Å². The van der Waals surface area contributed by atoms with E-state index in [0.717, 1.165) is 12.8 Å². The van der Waals surface area contributed by atoms with Crippen LogP contribution in [0.25, 0.3) is 0 Å². The van der Waals surface area contributed by atoms with Gasteiger partial charge in [0, 0.05) is 11.3 Å². The minimum Gasteiger partial charge on any atom is -0.271 e. The second-order valence-corrected chi connectivity index (χ2v) is 1.85. The fourth-order valence-electron chi connectivity index (χ4n) is 0.612. The lowest BCUT2D eigenvalue weighted by atomic mass is 9.94. The molecule has 0 heterocycles. The lowest BCUT2D eigenvalue weighted by Crippen LogP contribution is -2.30. The molecule has 1 fully saturated rings. The first-order valence-corrected chi connectivity index (χ1v) is 2.51. The lowest BCUT2D eigenvalue weighted by molar-refractivity contribution is 0.345. The van der Waals surface area contributed by atoms with Crippen LogP contribution in [0.15, 0.2) is 5.29 Å². The summed E-state index contributed by atoms with van der Waals surface area (Å²) in [5.41, 5.74) is 2.45. The van der Waals surface area contributed by atoms with Crippen molar-refractivity contribution in [2.24, 2.45) is 5.29 Å². The standard InChI is InChI=1S/C4H8N2O/c7-6-5-4-2-1-3-4/h4H,1-3H2,(H,5,7). The SMILES string of the molecule is O=NNC1CCC1.